The van der Waals surface area contributed by atoms with Crippen molar-refractivity contribution in [3.8, 4) is 23.0 Å². The van der Waals surface area contributed by atoms with Crippen LogP contribution in [0.1, 0.15) is 42.9 Å². The van der Waals surface area contributed by atoms with Crippen LogP contribution in [0.4, 0.5) is 13.2 Å². The zero-order chi connectivity index (χ0) is 20.1. The third kappa shape index (κ3) is 4.84. The quantitative estimate of drug-likeness (QED) is 0.434. The Morgan fingerprint density at radius 2 is 1.46 bits per heavy atom. The third-order valence-electron chi connectivity index (χ3n) is 4.65. The molecule has 3 heteroatoms. The Labute approximate surface area is 164 Å². The molecule has 0 amide bonds. The van der Waals surface area contributed by atoms with Crippen molar-refractivity contribution in [3.05, 3.63) is 95.1 Å². The van der Waals surface area contributed by atoms with Crippen molar-refractivity contribution < 1.29 is 13.2 Å². The molecule has 0 aliphatic rings. The summed E-state index contributed by atoms with van der Waals surface area (Å²) in [6, 6.07) is 19.0. The molecule has 28 heavy (non-hydrogen) atoms. The lowest BCUT2D eigenvalue weighted by Crippen LogP contribution is -2.03. The summed E-state index contributed by atoms with van der Waals surface area (Å²) >= 11 is 0. The van der Waals surface area contributed by atoms with Crippen LogP contribution in [-0.4, -0.2) is 6.17 Å². The minimum absolute atomic E-state index is 0.0845. The van der Waals surface area contributed by atoms with E-state index in [1.165, 1.54) is 6.07 Å². The maximum Gasteiger partial charge on any atom is 0.159 e. The maximum atomic E-state index is 13.4. The first-order chi connectivity index (χ1) is 13.4. The lowest BCUT2D eigenvalue weighted by molar-refractivity contribution is 0.324. The van der Waals surface area contributed by atoms with E-state index in [-0.39, 0.29) is 5.92 Å². The normalized spacial score (nSPS) is 12.8. The Hall–Kier alpha value is -2.99. The van der Waals surface area contributed by atoms with Crippen LogP contribution in [0.3, 0.4) is 0 Å². The van der Waals surface area contributed by atoms with Gasteiger partial charge in [-0.2, -0.15) is 0 Å². The van der Waals surface area contributed by atoms with E-state index in [2.05, 4.69) is 11.8 Å². The van der Waals surface area contributed by atoms with Gasteiger partial charge in [-0.3, -0.25) is 0 Å². The first-order valence-corrected chi connectivity index (χ1v) is 9.24. The molecule has 0 aliphatic carbocycles. The van der Waals surface area contributed by atoms with Crippen LogP contribution in [0.2, 0.25) is 0 Å². The molecule has 0 nitrogen and oxygen atoms in total. The molecule has 0 fully saturated rings. The average Bonchev–Trinajstić information content (AvgIpc) is 2.68. The Bertz CT molecular complexity index is 1010. The summed E-state index contributed by atoms with van der Waals surface area (Å²) < 4.78 is 39.9. The van der Waals surface area contributed by atoms with Crippen LogP contribution >= 0.6 is 0 Å². The number of benzene rings is 3. The number of hydrogen-bond donors (Lipinski definition) is 0. The van der Waals surface area contributed by atoms with E-state index >= 15 is 0 Å². The lowest BCUT2D eigenvalue weighted by atomic mass is 9.92. The summed E-state index contributed by atoms with van der Waals surface area (Å²) in [5, 5.41) is 0. The van der Waals surface area contributed by atoms with E-state index in [1.807, 2.05) is 55.5 Å². The van der Waals surface area contributed by atoms with Gasteiger partial charge in [-0.1, -0.05) is 55.2 Å². The van der Waals surface area contributed by atoms with Gasteiger partial charge in [0.15, 0.2) is 11.6 Å². The molecule has 0 N–H and O–H groups in total. The fraction of sp³-hybridized carbons (Fsp3) is 0.200. The van der Waals surface area contributed by atoms with E-state index < -0.39 is 17.8 Å². The molecule has 0 saturated heterocycles. The second-order valence-corrected chi connectivity index (χ2v) is 6.96. The van der Waals surface area contributed by atoms with Crippen molar-refractivity contribution >= 4 is 0 Å². The van der Waals surface area contributed by atoms with Gasteiger partial charge in [-0.15, -0.1) is 0 Å². The summed E-state index contributed by atoms with van der Waals surface area (Å²) in [6.07, 6.45) is -0.401. The fourth-order valence-electron chi connectivity index (χ4n) is 3.22. The fourth-order valence-corrected chi connectivity index (χ4v) is 3.22. The van der Waals surface area contributed by atoms with Crippen LogP contribution in [0.15, 0.2) is 66.7 Å². The highest BCUT2D eigenvalue weighted by Gasteiger charge is 2.12. The molecule has 2 atom stereocenters. The molecule has 0 aliphatic heterocycles. The second-order valence-electron chi connectivity index (χ2n) is 6.96. The summed E-state index contributed by atoms with van der Waals surface area (Å²) in [4.78, 5) is 0. The SMILES string of the molecule is CC(F)CC(C)c1ccccc1C#Cc1ccc(-c2ccc(F)c(F)c2)cc1. The highest BCUT2D eigenvalue weighted by molar-refractivity contribution is 5.64. The molecule has 0 saturated carbocycles. The van der Waals surface area contributed by atoms with Crippen molar-refractivity contribution in [1.82, 2.24) is 0 Å². The molecule has 0 radical (unpaired) electrons. The minimum Gasteiger partial charge on any atom is -0.248 e. The Kier molecular flexibility index (Phi) is 6.21. The topological polar surface area (TPSA) is 0 Å². The monoisotopic (exact) mass is 378 g/mol. The Balaban J connectivity index is 1.83. The van der Waals surface area contributed by atoms with Crippen LogP contribution in [-0.2, 0) is 0 Å². The Morgan fingerprint density at radius 1 is 0.786 bits per heavy atom. The molecular weight excluding hydrogens is 357 g/mol. The predicted molar refractivity (Wildman–Crippen MR) is 108 cm³/mol. The van der Waals surface area contributed by atoms with Gasteiger partial charge in [0.05, 0.1) is 6.17 Å². The van der Waals surface area contributed by atoms with E-state index in [4.69, 9.17) is 0 Å². The highest BCUT2D eigenvalue weighted by atomic mass is 19.2. The minimum atomic E-state index is -0.866. The van der Waals surface area contributed by atoms with Gasteiger partial charge >= 0.3 is 0 Å². The van der Waals surface area contributed by atoms with Gasteiger partial charge in [0.25, 0.3) is 0 Å². The van der Waals surface area contributed by atoms with Crippen LogP contribution in [0, 0.1) is 23.5 Å². The second kappa shape index (κ2) is 8.80. The number of hydrogen-bond acceptors (Lipinski definition) is 0. The smallest absolute Gasteiger partial charge is 0.159 e. The van der Waals surface area contributed by atoms with Gasteiger partial charge in [0.2, 0.25) is 0 Å². The van der Waals surface area contributed by atoms with Crippen molar-refractivity contribution in [2.75, 3.05) is 0 Å². The van der Waals surface area contributed by atoms with Gasteiger partial charge in [-0.25, -0.2) is 13.2 Å². The standard InChI is InChI=1S/C25H21F3/c1-17(15-18(2)26)23-6-4-3-5-21(23)12-9-19-7-10-20(11-8-19)22-13-14-24(27)25(28)16-22/h3-8,10-11,13-14,16-18H,15H2,1-2H3. The van der Waals surface area contributed by atoms with Gasteiger partial charge < -0.3 is 0 Å². The first-order valence-electron chi connectivity index (χ1n) is 9.24. The summed E-state index contributed by atoms with van der Waals surface area (Å²) in [6.45, 7) is 3.58. The van der Waals surface area contributed by atoms with Crippen LogP contribution in [0.25, 0.3) is 11.1 Å². The van der Waals surface area contributed by atoms with Gasteiger partial charge in [0, 0.05) is 11.1 Å². The summed E-state index contributed by atoms with van der Waals surface area (Å²) in [5.41, 5.74) is 4.14. The van der Waals surface area contributed by atoms with Crippen LogP contribution in [0.5, 0.6) is 0 Å². The van der Waals surface area contributed by atoms with E-state index in [9.17, 15) is 13.2 Å². The maximum absolute atomic E-state index is 13.4. The number of halogens is 3. The van der Waals surface area contributed by atoms with E-state index in [1.54, 1.807) is 13.0 Å². The van der Waals surface area contributed by atoms with Crippen LogP contribution < -0.4 is 0 Å². The molecule has 0 aromatic heterocycles. The summed E-state index contributed by atoms with van der Waals surface area (Å²) in [7, 11) is 0. The molecular formula is C25H21F3. The Morgan fingerprint density at radius 3 is 2.14 bits per heavy atom. The molecule has 0 spiro atoms. The van der Waals surface area contributed by atoms with Crippen molar-refractivity contribution in [3.63, 3.8) is 0 Å². The van der Waals surface area contributed by atoms with Gasteiger partial charge in [0.1, 0.15) is 0 Å². The van der Waals surface area contributed by atoms with Gasteiger partial charge in [-0.05, 0) is 66.3 Å². The lowest BCUT2D eigenvalue weighted by Gasteiger charge is -2.14. The zero-order valence-corrected chi connectivity index (χ0v) is 15.8. The predicted octanol–water partition coefficient (Wildman–Crippen LogP) is 6.88. The molecule has 3 aromatic rings. The summed E-state index contributed by atoms with van der Waals surface area (Å²) in [5.74, 6) is 4.67. The number of rotatable bonds is 4. The van der Waals surface area contributed by atoms with E-state index in [0.29, 0.717) is 12.0 Å². The highest BCUT2D eigenvalue weighted by Crippen LogP contribution is 2.25. The van der Waals surface area contributed by atoms with Crippen molar-refractivity contribution in [2.24, 2.45) is 0 Å². The average molecular weight is 378 g/mol. The van der Waals surface area contributed by atoms with E-state index in [0.717, 1.165) is 28.3 Å². The molecule has 3 rings (SSSR count). The largest absolute Gasteiger partial charge is 0.248 e. The molecule has 0 bridgehead atoms. The zero-order valence-electron chi connectivity index (χ0n) is 15.8. The first kappa shape index (κ1) is 19.8. The number of alkyl halides is 1. The molecule has 142 valence electrons. The molecule has 0 heterocycles. The molecule has 2 unspecified atom stereocenters. The van der Waals surface area contributed by atoms with Crippen molar-refractivity contribution in [1.29, 1.82) is 0 Å². The third-order valence-corrected chi connectivity index (χ3v) is 4.65. The molecule has 3 aromatic carbocycles. The van der Waals surface area contributed by atoms with Crippen molar-refractivity contribution in [2.45, 2.75) is 32.4 Å².